The molecule has 0 spiro atoms. The SMILES string of the molecule is CNC(CC(C)C)C(=O)NC1C(=O)NC(CC(N)=O)C(=O)NC2C(=O)NC3C(=O)NC(C(=O)NC(C(=O)O)c4cc(O)cc(O)c4-c4cc3ccc4O)C(O)c3ccc(c(Cl)c3)Oc3cc2cc(c3OC2OC(CO)C(O)C(O)C2OC2CC(C)(N)C(O)C(C)O2)Oc2ccc(cc2Cl)C1O.[Na+]. The Kier molecular flexibility index (Phi) is 24.3. The van der Waals surface area contributed by atoms with E-state index in [1.54, 1.807) is 0 Å². The number of amides is 7. The van der Waals surface area contributed by atoms with Gasteiger partial charge in [0.05, 0.1) is 41.3 Å². The molecule has 102 heavy (non-hydrogen) atoms. The molecule has 7 aliphatic heterocycles. The zero-order valence-corrected chi connectivity index (χ0v) is 58.8. The Bertz CT molecular complexity index is 4080. The number of phenols is 3. The third-order valence-electron chi connectivity index (χ3n) is 17.8. The standard InChI is InChI=1S/C66H75Cl2N9O24.Na/c1-23(2)12-34(71-5)58(88)76-49-51(83)26-7-10-38(32(67)14-26)97-40-16-28-17-41(55(40)101-65-56(54(86)53(85)42(22-78)99-65)100-44-21-66(4,70)57(87)24(3)96-44)98-39-11-8-27(15-33(39)68)52(84)50-63(93)75-48(64(94)95)31-18-29(79)19-37(81)45(31)30-13-25(6-9-36(30)80)46(60(90)77-50)74-61(91)47(28)73-59(89)35(20-43(69)82)72-62(49)92;/h6-11,13-19,23-24,34-35,42,44,46-54,56-57,65,71,78-81,83-87H,12,20-22,70H2,1-5H3,(H2,69,82)(H,72,92)(H,73,89)(H,74,91)(H,75,93)(H,76,88)(H,77,90)(H,94,95);/q;+1. The molecular formula is C66H75Cl2N9NaO24+. The van der Waals surface area contributed by atoms with Crippen molar-refractivity contribution in [2.75, 3.05) is 13.7 Å². The first-order valence-corrected chi connectivity index (χ1v) is 32.4. The van der Waals surface area contributed by atoms with Gasteiger partial charge < -0.3 is 128 Å². The van der Waals surface area contributed by atoms with Gasteiger partial charge in [0.25, 0.3) is 0 Å². The van der Waals surface area contributed by atoms with Crippen molar-refractivity contribution < 1.29 is 147 Å². The van der Waals surface area contributed by atoms with Gasteiger partial charge in [0.2, 0.25) is 53.4 Å². The zero-order valence-electron chi connectivity index (χ0n) is 55.3. The quantitative estimate of drug-likeness (QED) is 0.0526. The summed E-state index contributed by atoms with van der Waals surface area (Å²) in [6.07, 6.45) is -18.6. The molecule has 0 aromatic heterocycles. The van der Waals surface area contributed by atoms with Gasteiger partial charge in [-0.1, -0.05) is 55.2 Å². The van der Waals surface area contributed by atoms with Crippen LogP contribution in [0.3, 0.4) is 0 Å². The monoisotopic (exact) mass is 1470 g/mol. The van der Waals surface area contributed by atoms with Crippen molar-refractivity contribution in [1.82, 2.24) is 37.2 Å². The summed E-state index contributed by atoms with van der Waals surface area (Å²) in [5, 5.41) is 131. The maximum Gasteiger partial charge on any atom is 1.00 e. The van der Waals surface area contributed by atoms with Gasteiger partial charge in [-0.15, -0.1) is 0 Å². The summed E-state index contributed by atoms with van der Waals surface area (Å²) in [7, 11) is 1.47. The van der Waals surface area contributed by atoms with Crippen LogP contribution in [0.1, 0.15) is 105 Å². The summed E-state index contributed by atoms with van der Waals surface area (Å²) in [6, 6.07) is -0.679. The van der Waals surface area contributed by atoms with E-state index >= 15 is 14.4 Å². The Hall–Kier alpha value is -8.20. The third kappa shape index (κ3) is 16.6. The van der Waals surface area contributed by atoms with E-state index in [1.165, 1.54) is 33.0 Å². The average Bonchev–Trinajstić information content (AvgIpc) is 0.773. The number of aliphatic hydroxyl groups excluding tert-OH is 6. The number of nitrogens with one attached hydrogen (secondary N) is 7. The summed E-state index contributed by atoms with van der Waals surface area (Å²) < 4.78 is 38.3. The number of benzene rings is 5. The number of halogens is 2. The maximum absolute atomic E-state index is 16.0. The fourth-order valence-corrected chi connectivity index (χ4v) is 12.9. The van der Waals surface area contributed by atoms with E-state index in [0.29, 0.717) is 0 Å². The summed E-state index contributed by atoms with van der Waals surface area (Å²) in [5.41, 5.74) is 8.00. The van der Waals surface area contributed by atoms with Gasteiger partial charge in [-0.3, -0.25) is 33.6 Å². The van der Waals surface area contributed by atoms with Crippen molar-refractivity contribution in [3.63, 3.8) is 0 Å². The molecule has 5 aromatic rings. The number of nitrogens with two attached hydrogens (primary N) is 2. The van der Waals surface area contributed by atoms with Crippen molar-refractivity contribution in [2.24, 2.45) is 17.4 Å². The number of rotatable bonds is 13. The number of fused-ring (bicyclic) bond motifs is 15. The molecule has 21 N–H and O–H groups in total. The van der Waals surface area contributed by atoms with E-state index in [9.17, 15) is 75.0 Å². The molecule has 33 nitrogen and oxygen atoms in total. The molecule has 12 rings (SSSR count). The van der Waals surface area contributed by atoms with Crippen LogP contribution in [0.2, 0.25) is 10.0 Å². The summed E-state index contributed by atoms with van der Waals surface area (Å²) in [5.74, 6) is -16.0. The second kappa shape index (κ2) is 31.8. The normalized spacial score (nSPS) is 29.1. The molecule has 0 saturated carbocycles. The number of aromatic hydroxyl groups is 3. The molecule has 2 saturated heterocycles. The van der Waals surface area contributed by atoms with E-state index in [0.717, 1.165) is 66.7 Å². The molecule has 5 aromatic carbocycles. The number of aliphatic hydroxyl groups is 6. The predicted octanol–water partition coefficient (Wildman–Crippen LogP) is -2.89. The molecule has 7 amide bonds. The number of hydrogen-bond acceptors (Lipinski definition) is 25. The largest absolute Gasteiger partial charge is 1.00 e. The van der Waals surface area contributed by atoms with Gasteiger partial charge in [0.15, 0.2) is 29.9 Å². The molecule has 0 radical (unpaired) electrons. The molecule has 542 valence electrons. The van der Waals surface area contributed by atoms with E-state index in [-0.39, 0.29) is 75.8 Å². The van der Waals surface area contributed by atoms with Crippen molar-refractivity contribution in [1.29, 1.82) is 0 Å². The van der Waals surface area contributed by atoms with Crippen LogP contribution in [0, 0.1) is 5.92 Å². The summed E-state index contributed by atoms with van der Waals surface area (Å²) in [4.78, 5) is 117. The fourth-order valence-electron chi connectivity index (χ4n) is 12.5. The molecule has 7 heterocycles. The number of aliphatic carboxylic acids is 1. The minimum Gasteiger partial charge on any atom is -0.508 e. The number of carboxylic acids is 1. The second-order valence-electron chi connectivity index (χ2n) is 25.7. The van der Waals surface area contributed by atoms with Gasteiger partial charge >= 0.3 is 35.5 Å². The van der Waals surface area contributed by atoms with Gasteiger partial charge in [0, 0.05) is 34.7 Å². The first-order chi connectivity index (χ1) is 47.7. The first-order valence-electron chi connectivity index (χ1n) is 31.6. The number of ether oxygens (including phenoxy) is 6. The van der Waals surface area contributed by atoms with Gasteiger partial charge in [0.1, 0.15) is 89.5 Å². The van der Waals surface area contributed by atoms with E-state index in [2.05, 4.69) is 37.2 Å². The molecule has 7 aliphatic rings. The summed E-state index contributed by atoms with van der Waals surface area (Å²) >= 11 is 14.1. The predicted molar refractivity (Wildman–Crippen MR) is 349 cm³/mol. The van der Waals surface area contributed by atoms with E-state index < -0.39 is 237 Å². The number of carboxylic acid groups (broad SMARTS) is 1. The maximum atomic E-state index is 16.0. The van der Waals surface area contributed by atoms with Gasteiger partial charge in [-0.05, 0) is 110 Å². The van der Waals surface area contributed by atoms with Gasteiger partial charge in [-0.2, -0.15) is 0 Å². The zero-order chi connectivity index (χ0) is 73.5. The van der Waals surface area contributed by atoms with Crippen molar-refractivity contribution >= 4 is 70.5 Å². The Morgan fingerprint density at radius 2 is 1.31 bits per heavy atom. The third-order valence-corrected chi connectivity index (χ3v) is 18.4. The van der Waals surface area contributed by atoms with Crippen LogP contribution in [0.5, 0.6) is 46.0 Å². The number of primary amides is 1. The van der Waals surface area contributed by atoms with E-state index in [4.69, 9.17) is 63.1 Å². The van der Waals surface area contributed by atoms with Crippen LogP contribution in [0.4, 0.5) is 0 Å². The molecule has 18 atom stereocenters. The molecule has 36 heteroatoms. The molecule has 0 aliphatic carbocycles. The Balaban J connectivity index is 0.0000121. The van der Waals surface area contributed by atoms with Crippen LogP contribution >= 0.6 is 23.2 Å². The van der Waals surface area contributed by atoms with Crippen LogP contribution in [-0.2, 0) is 52.6 Å². The number of likely N-dealkylation sites (N-methyl/N-ethyl adjacent to an activating group) is 1. The van der Waals surface area contributed by atoms with Crippen LogP contribution in [0.25, 0.3) is 11.1 Å². The minimum absolute atomic E-state index is 0. The van der Waals surface area contributed by atoms with Crippen LogP contribution in [-0.4, -0.2) is 191 Å². The van der Waals surface area contributed by atoms with Crippen molar-refractivity contribution in [3.05, 3.63) is 117 Å². The number of phenolic OH excluding ortho intramolecular Hbond substituents is 3. The second-order valence-corrected chi connectivity index (χ2v) is 26.5. The van der Waals surface area contributed by atoms with E-state index in [1.807, 2.05) is 13.8 Å². The smallest absolute Gasteiger partial charge is 0.508 e. The Morgan fingerprint density at radius 1 is 0.716 bits per heavy atom. The number of carbonyl (C=O) groups is 8. The summed E-state index contributed by atoms with van der Waals surface area (Å²) in [6.45, 7) is 5.66. The topological polar surface area (TPSA) is 530 Å². The first kappa shape index (κ1) is 77.9. The van der Waals surface area contributed by atoms with Crippen molar-refractivity contribution in [3.8, 4) is 57.1 Å². The minimum atomic E-state index is -2.35. The number of carbonyl (C=O) groups excluding carboxylic acids is 7. The Labute approximate surface area is 612 Å². The molecule has 2 fully saturated rings. The fraction of sp³-hybridized carbons (Fsp3) is 0.424. The van der Waals surface area contributed by atoms with Gasteiger partial charge in [-0.25, -0.2) is 4.79 Å². The molecular weight excluding hydrogens is 1400 g/mol. The molecule has 18 unspecified atom stereocenters. The average molecular weight is 1470 g/mol. The van der Waals surface area contributed by atoms with Crippen molar-refractivity contribution in [2.45, 2.75) is 156 Å². The molecule has 11 bridgehead atoms. The number of hydrogen-bond donors (Lipinski definition) is 19. The van der Waals surface area contributed by atoms with Crippen LogP contribution < -0.4 is 92.5 Å². The van der Waals surface area contributed by atoms with Crippen LogP contribution in [0.15, 0.2) is 78.9 Å². The Morgan fingerprint density at radius 3 is 1.89 bits per heavy atom.